The van der Waals surface area contributed by atoms with Gasteiger partial charge in [-0.25, -0.2) is 13.1 Å². The molecule has 7 heteroatoms. The van der Waals surface area contributed by atoms with Crippen LogP contribution in [0, 0.1) is 13.8 Å². The average molecular weight is 285 g/mol. The zero-order valence-electron chi connectivity index (χ0n) is 11.3. The number of carbonyl (C=O) groups excluding carboxylic acids is 1. The molecule has 0 aliphatic carbocycles. The average Bonchev–Trinajstić information content (AvgIpc) is 2.33. The number of nitrogens with one attached hydrogen (secondary N) is 2. The highest BCUT2D eigenvalue weighted by molar-refractivity contribution is 7.89. The highest BCUT2D eigenvalue weighted by Gasteiger charge is 2.18. The monoisotopic (exact) mass is 285 g/mol. The third-order valence-corrected chi connectivity index (χ3v) is 4.36. The first-order chi connectivity index (χ1) is 8.77. The Kier molecular flexibility index (Phi) is 4.90. The number of rotatable bonds is 5. The second-order valence-corrected chi connectivity index (χ2v) is 6.03. The van der Waals surface area contributed by atoms with Crippen LogP contribution in [0.3, 0.4) is 0 Å². The third kappa shape index (κ3) is 3.93. The van der Waals surface area contributed by atoms with Crippen molar-refractivity contribution < 1.29 is 13.2 Å². The molecule has 0 bridgehead atoms. The normalized spacial score (nSPS) is 11.3. The quantitative estimate of drug-likeness (QED) is 0.677. The van der Waals surface area contributed by atoms with Crippen molar-refractivity contribution in [3.05, 3.63) is 23.3 Å². The molecule has 6 nitrogen and oxygen atoms in total. The number of aryl methyl sites for hydroxylation is 2. The van der Waals surface area contributed by atoms with Crippen LogP contribution in [-0.2, 0) is 14.8 Å². The van der Waals surface area contributed by atoms with E-state index in [-0.39, 0.29) is 29.5 Å². The summed E-state index contributed by atoms with van der Waals surface area (Å²) in [5, 5.41) is 2.42. The number of hydrogen-bond donors (Lipinski definition) is 3. The maximum atomic E-state index is 12.1. The number of amides is 1. The van der Waals surface area contributed by atoms with Crippen LogP contribution in [0.4, 0.5) is 5.69 Å². The molecule has 1 rings (SSSR count). The molecule has 19 heavy (non-hydrogen) atoms. The largest absolute Gasteiger partial charge is 0.398 e. The fourth-order valence-corrected chi connectivity index (χ4v) is 2.77. The van der Waals surface area contributed by atoms with Crippen molar-refractivity contribution in [2.24, 2.45) is 0 Å². The predicted octanol–water partition coefficient (Wildman–Crippen LogP) is 0.300. The van der Waals surface area contributed by atoms with Gasteiger partial charge in [0.1, 0.15) is 4.90 Å². The number of sulfonamides is 1. The first kappa shape index (κ1) is 15.5. The van der Waals surface area contributed by atoms with Crippen LogP contribution in [-0.4, -0.2) is 27.9 Å². The van der Waals surface area contributed by atoms with E-state index in [0.29, 0.717) is 0 Å². The lowest BCUT2D eigenvalue weighted by Gasteiger charge is -2.11. The Morgan fingerprint density at radius 2 is 1.84 bits per heavy atom. The van der Waals surface area contributed by atoms with Crippen molar-refractivity contribution in [1.82, 2.24) is 10.0 Å². The molecule has 1 amide bonds. The summed E-state index contributed by atoms with van der Waals surface area (Å²) < 4.78 is 26.5. The molecule has 0 fully saturated rings. The molecule has 1 aromatic carbocycles. The van der Waals surface area contributed by atoms with Gasteiger partial charge in [0.2, 0.25) is 15.9 Å². The van der Waals surface area contributed by atoms with E-state index in [2.05, 4.69) is 10.0 Å². The van der Waals surface area contributed by atoms with Crippen molar-refractivity contribution in [1.29, 1.82) is 0 Å². The van der Waals surface area contributed by atoms with Gasteiger partial charge in [0, 0.05) is 20.0 Å². The zero-order valence-corrected chi connectivity index (χ0v) is 12.1. The van der Waals surface area contributed by atoms with Gasteiger partial charge in [0.05, 0.1) is 5.69 Å². The molecule has 4 N–H and O–H groups in total. The molecule has 0 spiro atoms. The molecule has 0 unspecified atom stereocenters. The van der Waals surface area contributed by atoms with E-state index >= 15 is 0 Å². The van der Waals surface area contributed by atoms with Crippen molar-refractivity contribution in [2.45, 2.75) is 25.2 Å². The van der Waals surface area contributed by atoms with Crippen LogP contribution in [0.2, 0.25) is 0 Å². The first-order valence-corrected chi connectivity index (χ1v) is 7.33. The summed E-state index contributed by atoms with van der Waals surface area (Å²) in [5.41, 5.74) is 7.72. The summed E-state index contributed by atoms with van der Waals surface area (Å²) in [4.78, 5) is 11.1. The Balaban J connectivity index is 2.89. The van der Waals surface area contributed by atoms with E-state index in [4.69, 9.17) is 5.73 Å². The molecular weight excluding hydrogens is 266 g/mol. The number of hydrogen-bond acceptors (Lipinski definition) is 4. The van der Waals surface area contributed by atoms with E-state index in [1.807, 2.05) is 13.8 Å². The van der Waals surface area contributed by atoms with Crippen LogP contribution in [0.1, 0.15) is 17.5 Å². The second kappa shape index (κ2) is 6.03. The minimum Gasteiger partial charge on any atom is -0.398 e. The predicted molar refractivity (Wildman–Crippen MR) is 74.2 cm³/mol. The van der Waals surface area contributed by atoms with Crippen LogP contribution >= 0.6 is 0 Å². The van der Waals surface area contributed by atoms with Crippen LogP contribution in [0.5, 0.6) is 0 Å². The van der Waals surface area contributed by atoms with Crippen molar-refractivity contribution in [3.8, 4) is 0 Å². The van der Waals surface area contributed by atoms with Crippen molar-refractivity contribution in [3.63, 3.8) is 0 Å². The van der Waals surface area contributed by atoms with E-state index in [0.717, 1.165) is 11.1 Å². The molecule has 0 aliphatic rings. The number of anilines is 1. The fraction of sp³-hybridized carbons (Fsp3) is 0.417. The molecule has 0 saturated carbocycles. The van der Waals surface area contributed by atoms with Crippen molar-refractivity contribution in [2.75, 3.05) is 19.3 Å². The van der Waals surface area contributed by atoms with Crippen LogP contribution < -0.4 is 15.8 Å². The highest BCUT2D eigenvalue weighted by Crippen LogP contribution is 2.22. The molecular formula is C12H19N3O3S. The summed E-state index contributed by atoms with van der Waals surface area (Å²) in [6, 6.07) is 3.16. The lowest BCUT2D eigenvalue weighted by atomic mass is 10.1. The second-order valence-electron chi connectivity index (χ2n) is 4.30. The van der Waals surface area contributed by atoms with E-state index in [1.54, 1.807) is 6.07 Å². The Bertz CT molecular complexity index is 582. The Morgan fingerprint density at radius 3 is 2.42 bits per heavy atom. The van der Waals surface area contributed by atoms with Gasteiger partial charge >= 0.3 is 0 Å². The smallest absolute Gasteiger partial charge is 0.242 e. The van der Waals surface area contributed by atoms with Gasteiger partial charge in [0.25, 0.3) is 0 Å². The number of nitrogen functional groups attached to an aromatic ring is 1. The van der Waals surface area contributed by atoms with E-state index < -0.39 is 10.0 Å². The Hall–Kier alpha value is -1.60. The summed E-state index contributed by atoms with van der Waals surface area (Å²) in [5.74, 6) is -0.226. The summed E-state index contributed by atoms with van der Waals surface area (Å²) in [6.45, 7) is 3.72. The van der Waals surface area contributed by atoms with Crippen LogP contribution in [0.25, 0.3) is 0 Å². The lowest BCUT2D eigenvalue weighted by molar-refractivity contribution is -0.120. The lowest BCUT2D eigenvalue weighted by Crippen LogP contribution is -2.29. The number of benzene rings is 1. The van der Waals surface area contributed by atoms with Gasteiger partial charge in [-0.2, -0.15) is 0 Å². The topological polar surface area (TPSA) is 101 Å². The molecule has 106 valence electrons. The molecule has 0 atom stereocenters. The highest BCUT2D eigenvalue weighted by atomic mass is 32.2. The van der Waals surface area contributed by atoms with Gasteiger partial charge in [-0.05, 0) is 37.1 Å². The summed E-state index contributed by atoms with van der Waals surface area (Å²) in [6.07, 6.45) is 0.0838. The summed E-state index contributed by atoms with van der Waals surface area (Å²) >= 11 is 0. The minimum absolute atomic E-state index is 0.0361. The summed E-state index contributed by atoms with van der Waals surface area (Å²) in [7, 11) is -2.19. The van der Waals surface area contributed by atoms with Crippen LogP contribution in [0.15, 0.2) is 17.0 Å². The molecule has 1 aromatic rings. The SMILES string of the molecule is CNC(=O)CCNS(=O)(=O)c1cc(C)c(C)cc1N. The molecule has 0 saturated heterocycles. The Labute approximate surface area is 113 Å². The van der Waals surface area contributed by atoms with Gasteiger partial charge in [0.15, 0.2) is 0 Å². The number of nitrogens with two attached hydrogens (primary N) is 1. The van der Waals surface area contributed by atoms with Gasteiger partial charge in [-0.1, -0.05) is 0 Å². The maximum absolute atomic E-state index is 12.1. The first-order valence-electron chi connectivity index (χ1n) is 5.85. The molecule has 0 aromatic heterocycles. The van der Waals surface area contributed by atoms with E-state index in [9.17, 15) is 13.2 Å². The fourth-order valence-electron chi connectivity index (χ4n) is 1.55. The standard InChI is InChI=1S/C12H19N3O3S/c1-8-6-10(13)11(7-9(8)2)19(17,18)15-5-4-12(16)14-3/h6-7,15H,4-5,13H2,1-3H3,(H,14,16). The molecule has 0 aliphatic heterocycles. The maximum Gasteiger partial charge on any atom is 0.242 e. The zero-order chi connectivity index (χ0) is 14.6. The van der Waals surface area contributed by atoms with Gasteiger partial charge in [-0.3, -0.25) is 4.79 Å². The molecule has 0 heterocycles. The third-order valence-electron chi connectivity index (χ3n) is 2.84. The van der Waals surface area contributed by atoms with Crippen molar-refractivity contribution >= 4 is 21.6 Å². The van der Waals surface area contributed by atoms with Gasteiger partial charge < -0.3 is 11.1 Å². The number of carbonyl (C=O) groups is 1. The Morgan fingerprint density at radius 1 is 1.26 bits per heavy atom. The van der Waals surface area contributed by atoms with E-state index in [1.165, 1.54) is 13.1 Å². The minimum atomic E-state index is -3.69. The van der Waals surface area contributed by atoms with Gasteiger partial charge in [-0.15, -0.1) is 0 Å². The molecule has 0 radical (unpaired) electrons.